The Hall–Kier alpha value is -1.60. The lowest BCUT2D eigenvalue weighted by atomic mass is 10.3. The zero-order valence-corrected chi connectivity index (χ0v) is 10.8. The van der Waals surface area contributed by atoms with Crippen molar-refractivity contribution in [3.05, 3.63) is 40.8 Å². The molecule has 0 unspecified atom stereocenters. The minimum atomic E-state index is -3.96. The molecule has 8 heteroatoms. The summed E-state index contributed by atoms with van der Waals surface area (Å²) in [5, 5.41) is 6.25. The summed E-state index contributed by atoms with van der Waals surface area (Å²) in [5.41, 5.74) is 0.693. The summed E-state index contributed by atoms with van der Waals surface area (Å²) in [6, 6.07) is 4.62. The quantitative estimate of drug-likeness (QED) is 0.910. The molecule has 0 spiro atoms. The van der Waals surface area contributed by atoms with Crippen LogP contribution in [0.25, 0.3) is 0 Å². The fraction of sp³-hybridized carbons (Fsp3) is 0.100. The lowest BCUT2D eigenvalue weighted by Crippen LogP contribution is -2.14. The number of halogens is 2. The first-order chi connectivity index (χ1) is 8.38. The van der Waals surface area contributed by atoms with Crippen LogP contribution in [0.2, 0.25) is 5.02 Å². The summed E-state index contributed by atoms with van der Waals surface area (Å²) in [5.74, 6) is -0.564. The van der Waals surface area contributed by atoms with Crippen LogP contribution >= 0.6 is 11.6 Å². The van der Waals surface area contributed by atoms with Crippen LogP contribution in [0.4, 0.5) is 10.2 Å². The van der Waals surface area contributed by atoms with Crippen molar-refractivity contribution in [3.8, 4) is 0 Å². The van der Waals surface area contributed by atoms with E-state index >= 15 is 0 Å². The Morgan fingerprint density at radius 2 is 2.11 bits per heavy atom. The highest BCUT2D eigenvalue weighted by Crippen LogP contribution is 2.24. The number of rotatable bonds is 3. The van der Waals surface area contributed by atoms with Crippen LogP contribution in [-0.4, -0.2) is 18.6 Å². The van der Waals surface area contributed by atoms with E-state index in [1.54, 1.807) is 6.92 Å². The summed E-state index contributed by atoms with van der Waals surface area (Å²) < 4.78 is 39.2. The van der Waals surface area contributed by atoms with Crippen molar-refractivity contribution in [2.24, 2.45) is 0 Å². The van der Waals surface area contributed by atoms with Crippen LogP contribution in [-0.2, 0) is 10.0 Å². The van der Waals surface area contributed by atoms with Crippen LogP contribution in [0, 0.1) is 12.7 Å². The molecule has 0 saturated carbocycles. The van der Waals surface area contributed by atoms with E-state index in [9.17, 15) is 12.8 Å². The average Bonchev–Trinajstić information content (AvgIpc) is 2.66. The largest absolute Gasteiger partial charge is 0.281 e. The maximum Gasteiger partial charge on any atom is 0.264 e. The third-order valence-corrected chi connectivity index (χ3v) is 3.96. The van der Waals surface area contributed by atoms with Crippen LogP contribution in [0.5, 0.6) is 0 Å². The van der Waals surface area contributed by atoms with Crippen molar-refractivity contribution < 1.29 is 12.8 Å². The van der Waals surface area contributed by atoms with Crippen LogP contribution in [0.1, 0.15) is 5.69 Å². The van der Waals surface area contributed by atoms with Gasteiger partial charge in [0.1, 0.15) is 10.7 Å². The van der Waals surface area contributed by atoms with E-state index in [2.05, 4.69) is 14.9 Å². The number of benzene rings is 1. The lowest BCUT2D eigenvalue weighted by molar-refractivity contribution is 0.595. The zero-order chi connectivity index (χ0) is 13.3. The van der Waals surface area contributed by atoms with Gasteiger partial charge in [-0.05, 0) is 25.1 Å². The molecule has 0 aliphatic carbocycles. The SMILES string of the molecule is Cc1cc(NS(=O)(=O)c2cc(F)ccc2Cl)n[nH]1. The topological polar surface area (TPSA) is 74.8 Å². The van der Waals surface area contributed by atoms with Gasteiger partial charge in [0.25, 0.3) is 10.0 Å². The van der Waals surface area contributed by atoms with Crippen LogP contribution in [0.3, 0.4) is 0 Å². The van der Waals surface area contributed by atoms with Gasteiger partial charge in [0.2, 0.25) is 0 Å². The Morgan fingerprint density at radius 3 is 2.72 bits per heavy atom. The van der Waals surface area contributed by atoms with E-state index in [1.807, 2.05) is 0 Å². The monoisotopic (exact) mass is 289 g/mol. The number of anilines is 1. The third-order valence-electron chi connectivity index (χ3n) is 2.13. The number of nitrogens with zero attached hydrogens (tertiary/aromatic N) is 1. The molecule has 0 atom stereocenters. The first kappa shape index (κ1) is 12.8. The summed E-state index contributed by atoms with van der Waals surface area (Å²) in [7, 11) is -3.96. The number of hydrogen-bond acceptors (Lipinski definition) is 3. The Morgan fingerprint density at radius 1 is 1.39 bits per heavy atom. The van der Waals surface area contributed by atoms with Gasteiger partial charge < -0.3 is 0 Å². The van der Waals surface area contributed by atoms with Crippen molar-refractivity contribution in [1.29, 1.82) is 0 Å². The molecule has 96 valence electrons. The number of hydrogen-bond donors (Lipinski definition) is 2. The molecule has 1 aromatic carbocycles. The van der Waals surface area contributed by atoms with E-state index in [0.29, 0.717) is 5.69 Å². The van der Waals surface area contributed by atoms with Gasteiger partial charge in [-0.1, -0.05) is 11.6 Å². The molecule has 0 saturated heterocycles. The molecular formula is C10H9ClFN3O2S. The molecule has 0 amide bonds. The third kappa shape index (κ3) is 2.62. The normalized spacial score (nSPS) is 11.5. The van der Waals surface area contributed by atoms with Gasteiger partial charge >= 0.3 is 0 Å². The fourth-order valence-electron chi connectivity index (χ4n) is 1.35. The highest BCUT2D eigenvalue weighted by atomic mass is 35.5. The Bertz CT molecular complexity index is 684. The molecule has 2 rings (SSSR count). The number of sulfonamides is 1. The number of H-pyrrole nitrogens is 1. The van der Waals surface area contributed by atoms with Crippen molar-refractivity contribution in [1.82, 2.24) is 10.2 Å². The highest BCUT2D eigenvalue weighted by molar-refractivity contribution is 7.92. The second-order valence-corrected chi connectivity index (χ2v) is 5.67. The molecule has 1 heterocycles. The van der Waals surface area contributed by atoms with E-state index in [4.69, 9.17) is 11.6 Å². The number of aryl methyl sites for hydroxylation is 1. The molecule has 0 aliphatic rings. The second kappa shape index (κ2) is 4.58. The van der Waals surface area contributed by atoms with Crippen molar-refractivity contribution >= 4 is 27.4 Å². The summed E-state index contributed by atoms with van der Waals surface area (Å²) in [6.45, 7) is 1.72. The number of nitrogens with one attached hydrogen (secondary N) is 2. The first-order valence-electron chi connectivity index (χ1n) is 4.88. The summed E-state index contributed by atoms with van der Waals surface area (Å²) in [6.07, 6.45) is 0. The van der Waals surface area contributed by atoms with Gasteiger partial charge in [-0.3, -0.25) is 9.82 Å². The van der Waals surface area contributed by atoms with Crippen molar-refractivity contribution in [3.63, 3.8) is 0 Å². The van der Waals surface area contributed by atoms with Crippen molar-refractivity contribution in [2.75, 3.05) is 4.72 Å². The van der Waals surface area contributed by atoms with Crippen molar-refractivity contribution in [2.45, 2.75) is 11.8 Å². The van der Waals surface area contributed by atoms with Gasteiger partial charge in [-0.2, -0.15) is 5.10 Å². The van der Waals surface area contributed by atoms with Gasteiger partial charge in [0.05, 0.1) is 5.02 Å². The highest BCUT2D eigenvalue weighted by Gasteiger charge is 2.19. The Balaban J connectivity index is 2.39. The molecule has 0 bridgehead atoms. The second-order valence-electron chi connectivity index (χ2n) is 3.62. The smallest absolute Gasteiger partial charge is 0.264 e. The van der Waals surface area contributed by atoms with Crippen LogP contribution in [0.15, 0.2) is 29.2 Å². The fourth-order valence-corrected chi connectivity index (χ4v) is 2.85. The molecule has 2 N–H and O–H groups in total. The number of aromatic amines is 1. The molecule has 1 aromatic heterocycles. The maximum atomic E-state index is 13.0. The predicted molar refractivity (Wildman–Crippen MR) is 65.5 cm³/mol. The van der Waals surface area contributed by atoms with Crippen LogP contribution < -0.4 is 4.72 Å². The average molecular weight is 290 g/mol. The summed E-state index contributed by atoms with van der Waals surface area (Å²) in [4.78, 5) is -0.329. The standard InChI is InChI=1S/C10H9ClFN3O2S/c1-6-4-10(14-13-6)15-18(16,17)9-5-7(12)2-3-8(9)11/h2-5H,1H3,(H2,13,14,15). The van der Waals surface area contributed by atoms with Gasteiger partial charge in [0.15, 0.2) is 5.82 Å². The van der Waals surface area contributed by atoms with Gasteiger partial charge in [0, 0.05) is 11.8 Å². The minimum absolute atomic E-state index is 0.0591. The number of aromatic nitrogens is 2. The van der Waals surface area contributed by atoms with Gasteiger partial charge in [-0.25, -0.2) is 12.8 Å². The maximum absolute atomic E-state index is 13.0. The molecule has 2 aromatic rings. The molecule has 5 nitrogen and oxygen atoms in total. The first-order valence-corrected chi connectivity index (χ1v) is 6.74. The predicted octanol–water partition coefficient (Wildman–Crippen LogP) is 2.31. The molecule has 0 aliphatic heterocycles. The molecule has 0 radical (unpaired) electrons. The van der Waals surface area contributed by atoms with E-state index in [-0.39, 0.29) is 15.7 Å². The van der Waals surface area contributed by atoms with E-state index in [1.165, 1.54) is 12.1 Å². The Labute approximate surface area is 108 Å². The minimum Gasteiger partial charge on any atom is -0.281 e. The zero-order valence-electron chi connectivity index (χ0n) is 9.24. The Kier molecular flexibility index (Phi) is 3.27. The van der Waals surface area contributed by atoms with E-state index < -0.39 is 15.8 Å². The van der Waals surface area contributed by atoms with Gasteiger partial charge in [-0.15, -0.1) is 0 Å². The summed E-state index contributed by atoms with van der Waals surface area (Å²) >= 11 is 5.74. The van der Waals surface area contributed by atoms with E-state index in [0.717, 1.165) is 12.1 Å². The molecule has 0 fully saturated rings. The molecule has 18 heavy (non-hydrogen) atoms. The molecular weight excluding hydrogens is 281 g/mol. The lowest BCUT2D eigenvalue weighted by Gasteiger charge is -2.06.